The standard InChI is InChI=1S/C27H25F4N3O4/c1-2-37-24(35)21-12-18(13-22(28)23(21)16-14-32-34(15-16)19-4-3-5-19)33-25(36)26(10-11-26)17-6-8-20(9-7-17)38-27(29,30)31/h6-9,12-15,19H,2-5,10-11H2,1H3,(H,33,36). The van der Waals surface area contributed by atoms with E-state index in [1.54, 1.807) is 17.8 Å². The molecule has 1 aromatic heterocycles. The van der Waals surface area contributed by atoms with Gasteiger partial charge >= 0.3 is 12.3 Å². The number of carbonyl (C=O) groups excluding carboxylic acids is 2. The molecule has 11 heteroatoms. The first-order chi connectivity index (χ1) is 18.1. The highest BCUT2D eigenvalue weighted by atomic mass is 19.4. The van der Waals surface area contributed by atoms with Crippen molar-refractivity contribution in [1.29, 1.82) is 0 Å². The van der Waals surface area contributed by atoms with Crippen LogP contribution in [0.1, 0.15) is 61.0 Å². The zero-order valence-corrected chi connectivity index (χ0v) is 20.5. The summed E-state index contributed by atoms with van der Waals surface area (Å²) in [6.07, 6.45) is 2.38. The number of hydrogen-bond acceptors (Lipinski definition) is 5. The van der Waals surface area contributed by atoms with Gasteiger partial charge in [0.25, 0.3) is 0 Å². The predicted octanol–water partition coefficient (Wildman–Crippen LogP) is 6.16. The number of amides is 1. The summed E-state index contributed by atoms with van der Waals surface area (Å²) in [7, 11) is 0. The lowest BCUT2D eigenvalue weighted by atomic mass is 9.93. The van der Waals surface area contributed by atoms with Gasteiger partial charge < -0.3 is 14.8 Å². The van der Waals surface area contributed by atoms with Crippen molar-refractivity contribution in [2.75, 3.05) is 11.9 Å². The number of nitrogens with zero attached hydrogens (tertiary/aromatic N) is 2. The van der Waals surface area contributed by atoms with Gasteiger partial charge in [-0.1, -0.05) is 12.1 Å². The molecular formula is C27H25F4N3O4. The summed E-state index contributed by atoms with van der Waals surface area (Å²) in [4.78, 5) is 26.0. The van der Waals surface area contributed by atoms with Gasteiger partial charge in [-0.05, 0) is 68.9 Å². The maximum Gasteiger partial charge on any atom is 0.573 e. The van der Waals surface area contributed by atoms with Crippen molar-refractivity contribution < 1.29 is 36.6 Å². The third-order valence-corrected chi connectivity index (χ3v) is 7.01. The zero-order chi connectivity index (χ0) is 27.1. The number of benzene rings is 2. The highest BCUT2D eigenvalue weighted by Gasteiger charge is 2.51. The molecule has 0 radical (unpaired) electrons. The fourth-order valence-electron chi connectivity index (χ4n) is 4.66. The Balaban J connectivity index is 1.41. The number of anilines is 1. The first kappa shape index (κ1) is 25.7. The van der Waals surface area contributed by atoms with Gasteiger partial charge in [-0.2, -0.15) is 5.10 Å². The fraction of sp³-hybridized carbons (Fsp3) is 0.370. The topological polar surface area (TPSA) is 82.4 Å². The highest BCUT2D eigenvalue weighted by molar-refractivity contribution is 6.04. The number of rotatable bonds is 8. The minimum atomic E-state index is -4.82. The molecule has 2 aromatic carbocycles. The van der Waals surface area contributed by atoms with Crippen molar-refractivity contribution in [1.82, 2.24) is 9.78 Å². The van der Waals surface area contributed by atoms with E-state index in [4.69, 9.17) is 4.74 Å². The Morgan fingerprint density at radius 2 is 1.87 bits per heavy atom. The molecule has 0 aliphatic heterocycles. The van der Waals surface area contributed by atoms with Crippen molar-refractivity contribution >= 4 is 17.6 Å². The molecule has 3 aromatic rings. The molecule has 0 saturated heterocycles. The molecule has 1 N–H and O–H groups in total. The first-order valence-corrected chi connectivity index (χ1v) is 12.3. The molecule has 1 amide bonds. The minimum absolute atomic E-state index is 0.0356. The molecule has 2 saturated carbocycles. The molecule has 2 aliphatic carbocycles. The molecule has 0 unspecified atom stereocenters. The summed E-state index contributed by atoms with van der Waals surface area (Å²) in [6.45, 7) is 1.71. The first-order valence-electron chi connectivity index (χ1n) is 12.3. The van der Waals surface area contributed by atoms with E-state index >= 15 is 4.39 Å². The summed E-state index contributed by atoms with van der Waals surface area (Å²) in [5.41, 5.74) is 0.0157. The summed E-state index contributed by atoms with van der Waals surface area (Å²) in [5, 5.41) is 7.01. The molecule has 5 rings (SSSR count). The number of nitrogens with one attached hydrogen (secondary N) is 1. The van der Waals surface area contributed by atoms with E-state index in [1.807, 2.05) is 0 Å². The molecule has 38 heavy (non-hydrogen) atoms. The summed E-state index contributed by atoms with van der Waals surface area (Å²) in [5.74, 6) is -2.32. The van der Waals surface area contributed by atoms with E-state index < -0.39 is 35.2 Å². The van der Waals surface area contributed by atoms with Crippen LogP contribution in [0.25, 0.3) is 11.1 Å². The van der Waals surface area contributed by atoms with Crippen LogP contribution >= 0.6 is 0 Å². The van der Waals surface area contributed by atoms with Crippen molar-refractivity contribution in [3.63, 3.8) is 0 Å². The van der Waals surface area contributed by atoms with E-state index in [9.17, 15) is 22.8 Å². The van der Waals surface area contributed by atoms with Crippen LogP contribution in [0.4, 0.5) is 23.2 Å². The van der Waals surface area contributed by atoms with Crippen molar-refractivity contribution in [2.45, 2.75) is 56.8 Å². The average molecular weight is 532 g/mol. The summed E-state index contributed by atoms with van der Waals surface area (Å²) >= 11 is 0. The molecule has 2 aliphatic rings. The van der Waals surface area contributed by atoms with Gasteiger partial charge in [0.1, 0.15) is 11.6 Å². The van der Waals surface area contributed by atoms with Crippen LogP contribution in [-0.2, 0) is 14.9 Å². The van der Waals surface area contributed by atoms with Gasteiger partial charge in [0.2, 0.25) is 5.91 Å². The van der Waals surface area contributed by atoms with Crippen LogP contribution in [0.2, 0.25) is 0 Å². The maximum absolute atomic E-state index is 15.5. The second-order valence-electron chi connectivity index (χ2n) is 9.50. The van der Waals surface area contributed by atoms with E-state index in [-0.39, 0.29) is 29.5 Å². The van der Waals surface area contributed by atoms with Gasteiger partial charge in [0, 0.05) is 23.0 Å². The minimum Gasteiger partial charge on any atom is -0.462 e. The van der Waals surface area contributed by atoms with Gasteiger partial charge in [-0.3, -0.25) is 9.48 Å². The number of esters is 1. The lowest BCUT2D eigenvalue weighted by Gasteiger charge is -2.25. The van der Waals surface area contributed by atoms with Crippen LogP contribution in [0.5, 0.6) is 5.75 Å². The Morgan fingerprint density at radius 3 is 2.45 bits per heavy atom. The molecule has 7 nitrogen and oxygen atoms in total. The normalized spacial score (nSPS) is 16.4. The number of alkyl halides is 3. The summed E-state index contributed by atoms with van der Waals surface area (Å²) < 4.78 is 63.7. The lowest BCUT2D eigenvalue weighted by molar-refractivity contribution is -0.274. The van der Waals surface area contributed by atoms with Gasteiger partial charge in [0.15, 0.2) is 0 Å². The van der Waals surface area contributed by atoms with E-state index in [1.165, 1.54) is 24.4 Å². The number of aromatic nitrogens is 2. The molecule has 0 bridgehead atoms. The Bertz CT molecular complexity index is 1360. The molecule has 200 valence electrons. The van der Waals surface area contributed by atoms with Gasteiger partial charge in [-0.15, -0.1) is 13.2 Å². The van der Waals surface area contributed by atoms with Crippen molar-refractivity contribution in [3.05, 3.63) is 65.7 Å². The van der Waals surface area contributed by atoms with Gasteiger partial charge in [-0.25, -0.2) is 9.18 Å². The Labute approximate surface area is 215 Å². The average Bonchev–Trinajstić information content (AvgIpc) is 3.50. The number of ether oxygens (including phenoxy) is 2. The third kappa shape index (κ3) is 5.09. The Hall–Kier alpha value is -3.89. The van der Waals surface area contributed by atoms with Crippen LogP contribution in [-0.4, -0.2) is 34.6 Å². The maximum atomic E-state index is 15.5. The number of hydrogen-bond donors (Lipinski definition) is 1. The van der Waals surface area contributed by atoms with Gasteiger partial charge in [0.05, 0.1) is 29.8 Å². The monoisotopic (exact) mass is 531 g/mol. The summed E-state index contributed by atoms with van der Waals surface area (Å²) in [6, 6.07) is 7.85. The van der Waals surface area contributed by atoms with Crippen LogP contribution in [0.3, 0.4) is 0 Å². The largest absolute Gasteiger partial charge is 0.573 e. The van der Waals surface area contributed by atoms with Crippen molar-refractivity contribution in [2.24, 2.45) is 0 Å². The SMILES string of the molecule is CCOC(=O)c1cc(NC(=O)C2(c3ccc(OC(F)(F)F)cc3)CC2)cc(F)c1-c1cnn(C2CCC2)c1. The quantitative estimate of drug-likeness (QED) is 0.278. The third-order valence-electron chi connectivity index (χ3n) is 7.01. The molecule has 1 heterocycles. The number of halogens is 4. The predicted molar refractivity (Wildman–Crippen MR) is 129 cm³/mol. The Morgan fingerprint density at radius 1 is 1.16 bits per heavy atom. The molecule has 2 fully saturated rings. The fourth-order valence-corrected chi connectivity index (χ4v) is 4.66. The highest BCUT2D eigenvalue weighted by Crippen LogP contribution is 2.49. The molecular weight excluding hydrogens is 506 g/mol. The second-order valence-corrected chi connectivity index (χ2v) is 9.50. The number of carbonyl (C=O) groups is 2. The van der Waals surface area contributed by atoms with E-state index in [2.05, 4.69) is 15.2 Å². The molecule has 0 spiro atoms. The second kappa shape index (κ2) is 9.77. The smallest absolute Gasteiger partial charge is 0.462 e. The van der Waals surface area contributed by atoms with E-state index in [0.717, 1.165) is 37.5 Å². The van der Waals surface area contributed by atoms with E-state index in [0.29, 0.717) is 24.0 Å². The van der Waals surface area contributed by atoms with Crippen LogP contribution < -0.4 is 10.1 Å². The zero-order valence-electron chi connectivity index (χ0n) is 20.5. The Kier molecular flexibility index (Phi) is 6.62. The van der Waals surface area contributed by atoms with Crippen LogP contribution in [0, 0.1) is 5.82 Å². The van der Waals surface area contributed by atoms with Crippen molar-refractivity contribution in [3.8, 4) is 16.9 Å². The van der Waals surface area contributed by atoms with Crippen LogP contribution in [0.15, 0.2) is 48.8 Å². The lowest BCUT2D eigenvalue weighted by Crippen LogP contribution is -2.28. The molecule has 0 atom stereocenters.